The molecule has 0 aromatic carbocycles. The average molecular weight is 307 g/mol. The number of aromatic nitrogens is 2. The normalized spacial score (nSPS) is 18.0. The van der Waals surface area contributed by atoms with E-state index in [1.165, 1.54) is 0 Å². The standard InChI is InChI=1S/C15H25N5O2/c1-3-8-19(11-14(21)16-2)15(22)13-6-9-20(18-13)12-5-4-7-17-10-12/h6,9,12,17H,3-5,7-8,10-11H2,1-2H3,(H,16,21). The van der Waals surface area contributed by atoms with Crippen molar-refractivity contribution in [1.82, 2.24) is 25.3 Å². The summed E-state index contributed by atoms with van der Waals surface area (Å²) >= 11 is 0. The molecule has 0 radical (unpaired) electrons. The van der Waals surface area contributed by atoms with E-state index in [0.29, 0.717) is 18.3 Å². The molecular formula is C15H25N5O2. The summed E-state index contributed by atoms with van der Waals surface area (Å²) in [5.41, 5.74) is 0.405. The second-order valence-electron chi connectivity index (χ2n) is 5.58. The maximum atomic E-state index is 12.5. The van der Waals surface area contributed by atoms with Crippen LogP contribution in [0.4, 0.5) is 0 Å². The largest absolute Gasteiger partial charge is 0.358 e. The number of likely N-dealkylation sites (N-methyl/N-ethyl adjacent to an activating group) is 1. The van der Waals surface area contributed by atoms with Crippen LogP contribution in [0.15, 0.2) is 12.3 Å². The molecule has 2 amide bonds. The van der Waals surface area contributed by atoms with E-state index < -0.39 is 0 Å². The molecule has 2 N–H and O–H groups in total. The summed E-state index contributed by atoms with van der Waals surface area (Å²) in [7, 11) is 1.57. The average Bonchev–Trinajstić information content (AvgIpc) is 3.04. The van der Waals surface area contributed by atoms with Crippen molar-refractivity contribution in [1.29, 1.82) is 0 Å². The lowest BCUT2D eigenvalue weighted by atomic mass is 10.1. The molecule has 1 aliphatic heterocycles. The second-order valence-corrected chi connectivity index (χ2v) is 5.58. The molecule has 0 bridgehead atoms. The van der Waals surface area contributed by atoms with Gasteiger partial charge in [0.15, 0.2) is 0 Å². The van der Waals surface area contributed by atoms with Gasteiger partial charge in [-0.3, -0.25) is 14.3 Å². The zero-order valence-corrected chi connectivity index (χ0v) is 13.3. The van der Waals surface area contributed by atoms with Gasteiger partial charge in [-0.25, -0.2) is 0 Å². The molecule has 1 aliphatic rings. The fourth-order valence-corrected chi connectivity index (χ4v) is 2.65. The predicted octanol–water partition coefficient (Wildman–Crippen LogP) is 0.406. The van der Waals surface area contributed by atoms with Crippen molar-refractivity contribution in [2.75, 3.05) is 33.2 Å². The third kappa shape index (κ3) is 4.07. The lowest BCUT2D eigenvalue weighted by Gasteiger charge is -2.23. The Labute approximate surface area is 131 Å². The van der Waals surface area contributed by atoms with Crippen LogP contribution in [0.3, 0.4) is 0 Å². The highest BCUT2D eigenvalue weighted by Gasteiger charge is 2.22. The topological polar surface area (TPSA) is 79.3 Å². The van der Waals surface area contributed by atoms with Crippen LogP contribution in [0.1, 0.15) is 42.7 Å². The molecule has 1 aromatic heterocycles. The van der Waals surface area contributed by atoms with Gasteiger partial charge in [-0.2, -0.15) is 5.10 Å². The Bertz CT molecular complexity index is 508. The first-order valence-electron chi connectivity index (χ1n) is 7.91. The summed E-state index contributed by atoms with van der Waals surface area (Å²) in [6.45, 7) is 4.52. The highest BCUT2D eigenvalue weighted by atomic mass is 16.2. The number of piperidine rings is 1. The van der Waals surface area contributed by atoms with E-state index in [4.69, 9.17) is 0 Å². The molecule has 1 aromatic rings. The van der Waals surface area contributed by atoms with E-state index in [1.807, 2.05) is 17.8 Å². The van der Waals surface area contributed by atoms with Gasteiger partial charge < -0.3 is 15.5 Å². The minimum atomic E-state index is -0.187. The Morgan fingerprint density at radius 1 is 1.55 bits per heavy atom. The number of rotatable bonds is 6. The molecule has 0 saturated carbocycles. The number of nitrogens with zero attached hydrogens (tertiary/aromatic N) is 3. The number of nitrogens with one attached hydrogen (secondary N) is 2. The second kappa shape index (κ2) is 7.93. The number of hydrogen-bond acceptors (Lipinski definition) is 4. The first kappa shape index (κ1) is 16.5. The van der Waals surface area contributed by atoms with E-state index in [9.17, 15) is 9.59 Å². The molecule has 1 atom stereocenters. The van der Waals surface area contributed by atoms with Crippen molar-refractivity contribution in [3.05, 3.63) is 18.0 Å². The highest BCUT2D eigenvalue weighted by Crippen LogP contribution is 2.16. The number of carbonyl (C=O) groups excluding carboxylic acids is 2. The zero-order valence-electron chi connectivity index (χ0n) is 13.3. The van der Waals surface area contributed by atoms with Gasteiger partial charge in [0.1, 0.15) is 5.69 Å². The molecule has 2 rings (SSSR count). The van der Waals surface area contributed by atoms with E-state index >= 15 is 0 Å². The van der Waals surface area contributed by atoms with E-state index in [0.717, 1.165) is 32.4 Å². The van der Waals surface area contributed by atoms with Gasteiger partial charge in [0.05, 0.1) is 12.6 Å². The van der Waals surface area contributed by atoms with Gasteiger partial charge >= 0.3 is 0 Å². The molecule has 0 aliphatic carbocycles. The number of carbonyl (C=O) groups is 2. The van der Waals surface area contributed by atoms with Crippen LogP contribution in [0.2, 0.25) is 0 Å². The molecule has 7 heteroatoms. The molecule has 122 valence electrons. The minimum Gasteiger partial charge on any atom is -0.358 e. The quantitative estimate of drug-likeness (QED) is 0.797. The van der Waals surface area contributed by atoms with Crippen LogP contribution in [-0.4, -0.2) is 59.7 Å². The van der Waals surface area contributed by atoms with E-state index in [1.54, 1.807) is 18.0 Å². The van der Waals surface area contributed by atoms with Crippen molar-refractivity contribution >= 4 is 11.8 Å². The Morgan fingerprint density at radius 2 is 2.36 bits per heavy atom. The molecule has 1 fully saturated rings. The first-order chi connectivity index (χ1) is 10.7. The zero-order chi connectivity index (χ0) is 15.9. The number of hydrogen-bond donors (Lipinski definition) is 2. The van der Waals surface area contributed by atoms with E-state index in [2.05, 4.69) is 15.7 Å². The Balaban J connectivity index is 2.06. The van der Waals surface area contributed by atoms with Crippen LogP contribution < -0.4 is 10.6 Å². The Kier molecular flexibility index (Phi) is 5.94. The van der Waals surface area contributed by atoms with Crippen LogP contribution >= 0.6 is 0 Å². The van der Waals surface area contributed by atoms with Crippen LogP contribution in [0, 0.1) is 0 Å². The number of amides is 2. The van der Waals surface area contributed by atoms with Gasteiger partial charge in [-0.05, 0) is 31.9 Å². The van der Waals surface area contributed by atoms with Crippen molar-refractivity contribution in [3.63, 3.8) is 0 Å². The minimum absolute atomic E-state index is 0.0705. The Hall–Kier alpha value is -1.89. The summed E-state index contributed by atoms with van der Waals surface area (Å²) in [4.78, 5) is 25.6. The van der Waals surface area contributed by atoms with Crippen molar-refractivity contribution in [3.8, 4) is 0 Å². The fraction of sp³-hybridized carbons (Fsp3) is 0.667. The van der Waals surface area contributed by atoms with Crippen molar-refractivity contribution in [2.24, 2.45) is 0 Å². The fourth-order valence-electron chi connectivity index (χ4n) is 2.65. The monoisotopic (exact) mass is 307 g/mol. The van der Waals surface area contributed by atoms with Gasteiger partial charge in [0, 0.05) is 26.3 Å². The third-order valence-corrected chi connectivity index (χ3v) is 3.87. The molecule has 0 spiro atoms. The van der Waals surface area contributed by atoms with E-state index in [-0.39, 0.29) is 18.4 Å². The SMILES string of the molecule is CCCN(CC(=O)NC)C(=O)c1ccn(C2CCCNC2)n1. The first-order valence-corrected chi connectivity index (χ1v) is 7.91. The predicted molar refractivity (Wildman–Crippen MR) is 83.6 cm³/mol. The molecular weight excluding hydrogens is 282 g/mol. The lowest BCUT2D eigenvalue weighted by molar-refractivity contribution is -0.121. The lowest BCUT2D eigenvalue weighted by Crippen LogP contribution is -2.40. The maximum absolute atomic E-state index is 12.5. The van der Waals surface area contributed by atoms with Gasteiger partial charge in [-0.1, -0.05) is 6.92 Å². The van der Waals surface area contributed by atoms with Crippen molar-refractivity contribution < 1.29 is 9.59 Å². The summed E-state index contributed by atoms with van der Waals surface area (Å²) in [6.07, 6.45) is 4.84. The molecule has 22 heavy (non-hydrogen) atoms. The van der Waals surface area contributed by atoms with Gasteiger partial charge in [0.25, 0.3) is 5.91 Å². The van der Waals surface area contributed by atoms with Crippen LogP contribution in [0.25, 0.3) is 0 Å². The smallest absolute Gasteiger partial charge is 0.274 e. The molecule has 1 saturated heterocycles. The van der Waals surface area contributed by atoms with Gasteiger partial charge in [-0.15, -0.1) is 0 Å². The summed E-state index contributed by atoms with van der Waals surface area (Å²) < 4.78 is 1.86. The van der Waals surface area contributed by atoms with Gasteiger partial charge in [0.2, 0.25) is 5.91 Å². The summed E-state index contributed by atoms with van der Waals surface area (Å²) in [5, 5.41) is 10.3. The Morgan fingerprint density at radius 3 is 3.00 bits per heavy atom. The van der Waals surface area contributed by atoms with Crippen LogP contribution in [-0.2, 0) is 4.79 Å². The summed E-state index contributed by atoms with van der Waals surface area (Å²) in [5.74, 6) is -0.356. The maximum Gasteiger partial charge on any atom is 0.274 e. The van der Waals surface area contributed by atoms with Crippen LogP contribution in [0.5, 0.6) is 0 Å². The summed E-state index contributed by atoms with van der Waals surface area (Å²) in [6, 6.07) is 2.04. The van der Waals surface area contributed by atoms with Crippen molar-refractivity contribution in [2.45, 2.75) is 32.2 Å². The molecule has 2 heterocycles. The highest BCUT2D eigenvalue weighted by molar-refractivity contribution is 5.94. The molecule has 7 nitrogen and oxygen atoms in total. The molecule has 1 unspecified atom stereocenters. The third-order valence-electron chi connectivity index (χ3n) is 3.87.